The molecule has 2 atom stereocenters. The molecule has 1 N–H and O–H groups in total. The predicted molar refractivity (Wildman–Crippen MR) is 91.5 cm³/mol. The van der Waals surface area contributed by atoms with Crippen LogP contribution in [0.4, 0.5) is 11.5 Å². The summed E-state index contributed by atoms with van der Waals surface area (Å²) in [4.78, 5) is 10.5. The lowest BCUT2D eigenvalue weighted by Gasteiger charge is -2.36. The van der Waals surface area contributed by atoms with Gasteiger partial charge in [-0.15, -0.1) is 0 Å². The van der Waals surface area contributed by atoms with Crippen molar-refractivity contribution in [1.29, 1.82) is 0 Å². The van der Waals surface area contributed by atoms with E-state index < -0.39 is 10.0 Å². The standard InChI is InChI=1S/C16H20N4O3S/c1-12-10-20(11-13(2)23-12)16-6-5-14(8-18-16)19-24(21,22)15-4-3-7-17-9-15/h3-9,12-13,19H,10-11H2,1-2H3/t12-,13-/m0/s1. The van der Waals surface area contributed by atoms with Crippen LogP contribution < -0.4 is 9.62 Å². The van der Waals surface area contributed by atoms with Crippen LogP contribution in [0.15, 0.2) is 47.8 Å². The fourth-order valence-electron chi connectivity index (χ4n) is 2.72. The van der Waals surface area contributed by atoms with E-state index in [4.69, 9.17) is 4.74 Å². The molecule has 7 nitrogen and oxygen atoms in total. The molecule has 0 saturated carbocycles. The molecule has 0 aromatic carbocycles. The zero-order valence-electron chi connectivity index (χ0n) is 13.6. The van der Waals surface area contributed by atoms with Crippen LogP contribution in [0.5, 0.6) is 0 Å². The van der Waals surface area contributed by atoms with Gasteiger partial charge in [-0.25, -0.2) is 13.4 Å². The second-order valence-corrected chi connectivity index (χ2v) is 7.54. The third kappa shape index (κ3) is 3.82. The third-order valence-corrected chi connectivity index (χ3v) is 5.05. The molecule has 0 bridgehead atoms. The monoisotopic (exact) mass is 348 g/mol. The summed E-state index contributed by atoms with van der Waals surface area (Å²) in [5.74, 6) is 0.807. The van der Waals surface area contributed by atoms with Gasteiger partial charge >= 0.3 is 0 Å². The fourth-order valence-corrected chi connectivity index (χ4v) is 3.72. The van der Waals surface area contributed by atoms with Crippen LogP contribution in [-0.2, 0) is 14.8 Å². The molecular formula is C16H20N4O3S. The largest absolute Gasteiger partial charge is 0.372 e. The molecule has 0 unspecified atom stereocenters. The number of ether oxygens (including phenoxy) is 1. The third-order valence-electron chi connectivity index (χ3n) is 3.69. The minimum Gasteiger partial charge on any atom is -0.372 e. The van der Waals surface area contributed by atoms with Crippen LogP contribution in [0.2, 0.25) is 0 Å². The average Bonchev–Trinajstić information content (AvgIpc) is 2.55. The minimum atomic E-state index is -3.65. The number of hydrogen-bond acceptors (Lipinski definition) is 6. The molecule has 0 spiro atoms. The Bertz CT molecular complexity index is 771. The van der Waals surface area contributed by atoms with Gasteiger partial charge in [0, 0.05) is 25.5 Å². The molecule has 1 aliphatic heterocycles. The molecule has 2 aromatic heterocycles. The van der Waals surface area contributed by atoms with Gasteiger partial charge in [0.25, 0.3) is 10.0 Å². The van der Waals surface area contributed by atoms with Gasteiger partial charge in [0.15, 0.2) is 0 Å². The van der Waals surface area contributed by atoms with E-state index in [0.29, 0.717) is 5.69 Å². The van der Waals surface area contributed by atoms with Gasteiger partial charge in [-0.05, 0) is 38.1 Å². The molecule has 24 heavy (non-hydrogen) atoms. The fraction of sp³-hybridized carbons (Fsp3) is 0.375. The number of anilines is 2. The maximum Gasteiger partial charge on any atom is 0.263 e. The molecular weight excluding hydrogens is 328 g/mol. The quantitative estimate of drug-likeness (QED) is 0.908. The number of hydrogen-bond donors (Lipinski definition) is 1. The molecule has 0 amide bonds. The van der Waals surface area contributed by atoms with Crippen molar-refractivity contribution in [3.63, 3.8) is 0 Å². The summed E-state index contributed by atoms with van der Waals surface area (Å²) in [5, 5.41) is 0. The zero-order chi connectivity index (χ0) is 17.2. The van der Waals surface area contributed by atoms with Crippen LogP contribution in [0.25, 0.3) is 0 Å². The number of pyridine rings is 2. The van der Waals surface area contributed by atoms with Crippen molar-refractivity contribution in [2.45, 2.75) is 31.0 Å². The molecule has 1 saturated heterocycles. The van der Waals surface area contributed by atoms with Crippen molar-refractivity contribution >= 4 is 21.5 Å². The highest BCUT2D eigenvalue weighted by Gasteiger charge is 2.23. The lowest BCUT2D eigenvalue weighted by molar-refractivity contribution is -0.00545. The van der Waals surface area contributed by atoms with Crippen LogP contribution in [0.3, 0.4) is 0 Å². The smallest absolute Gasteiger partial charge is 0.263 e. The van der Waals surface area contributed by atoms with Crippen LogP contribution in [-0.4, -0.2) is 43.7 Å². The molecule has 3 heterocycles. The summed E-state index contributed by atoms with van der Waals surface area (Å²) in [6.07, 6.45) is 4.63. The highest BCUT2D eigenvalue weighted by Crippen LogP contribution is 2.21. The van der Waals surface area contributed by atoms with Crippen LogP contribution in [0.1, 0.15) is 13.8 Å². The summed E-state index contributed by atoms with van der Waals surface area (Å²) in [5.41, 5.74) is 0.414. The second kappa shape index (κ2) is 6.74. The van der Waals surface area contributed by atoms with Gasteiger partial charge in [0.05, 0.1) is 24.1 Å². The Morgan fingerprint density at radius 2 is 1.92 bits per heavy atom. The van der Waals surface area contributed by atoms with E-state index in [9.17, 15) is 8.42 Å². The number of aromatic nitrogens is 2. The first kappa shape index (κ1) is 16.7. The Kier molecular flexibility index (Phi) is 4.68. The summed E-state index contributed by atoms with van der Waals surface area (Å²) in [6, 6.07) is 6.59. The number of nitrogens with zero attached hydrogens (tertiary/aromatic N) is 3. The van der Waals surface area contributed by atoms with E-state index in [-0.39, 0.29) is 17.1 Å². The first-order valence-electron chi connectivity index (χ1n) is 7.73. The Labute approximate surface area is 141 Å². The van der Waals surface area contributed by atoms with Crippen molar-refractivity contribution in [2.75, 3.05) is 22.7 Å². The number of morpholine rings is 1. The second-order valence-electron chi connectivity index (χ2n) is 5.86. The summed E-state index contributed by atoms with van der Waals surface area (Å²) in [6.45, 7) is 5.58. The van der Waals surface area contributed by atoms with Crippen LogP contribution >= 0.6 is 0 Å². The van der Waals surface area contributed by atoms with E-state index in [0.717, 1.165) is 18.9 Å². The molecule has 1 fully saturated rings. The Morgan fingerprint density at radius 1 is 1.17 bits per heavy atom. The van der Waals surface area contributed by atoms with Crippen molar-refractivity contribution in [2.24, 2.45) is 0 Å². The van der Waals surface area contributed by atoms with Gasteiger partial charge in [-0.1, -0.05) is 0 Å². The van der Waals surface area contributed by atoms with Crippen molar-refractivity contribution < 1.29 is 13.2 Å². The van der Waals surface area contributed by atoms with E-state index in [2.05, 4.69) is 19.6 Å². The lowest BCUT2D eigenvalue weighted by Crippen LogP contribution is -2.45. The van der Waals surface area contributed by atoms with Gasteiger partial charge in [0.2, 0.25) is 0 Å². The van der Waals surface area contributed by atoms with E-state index in [1.165, 1.54) is 24.7 Å². The lowest BCUT2D eigenvalue weighted by atomic mass is 10.2. The van der Waals surface area contributed by atoms with Gasteiger partial charge in [-0.3, -0.25) is 9.71 Å². The molecule has 1 aliphatic rings. The van der Waals surface area contributed by atoms with Gasteiger partial charge < -0.3 is 9.64 Å². The zero-order valence-corrected chi connectivity index (χ0v) is 14.4. The highest BCUT2D eigenvalue weighted by molar-refractivity contribution is 7.92. The normalized spacial score (nSPS) is 21.5. The minimum absolute atomic E-state index is 0.116. The van der Waals surface area contributed by atoms with E-state index >= 15 is 0 Å². The van der Waals surface area contributed by atoms with E-state index in [1.54, 1.807) is 12.1 Å². The number of rotatable bonds is 4. The van der Waals surface area contributed by atoms with Crippen molar-refractivity contribution in [3.8, 4) is 0 Å². The predicted octanol–water partition coefficient (Wildman–Crippen LogP) is 1.89. The number of sulfonamides is 1. The highest BCUT2D eigenvalue weighted by atomic mass is 32.2. The first-order valence-corrected chi connectivity index (χ1v) is 9.21. The van der Waals surface area contributed by atoms with Gasteiger partial charge in [-0.2, -0.15) is 0 Å². The summed E-state index contributed by atoms with van der Waals surface area (Å²) in [7, 11) is -3.65. The topological polar surface area (TPSA) is 84.4 Å². The Balaban J connectivity index is 1.73. The number of nitrogens with one attached hydrogen (secondary N) is 1. The Hall–Kier alpha value is -2.19. The molecule has 0 aliphatic carbocycles. The van der Waals surface area contributed by atoms with Crippen LogP contribution in [0, 0.1) is 0 Å². The molecule has 128 valence electrons. The van der Waals surface area contributed by atoms with Crippen molar-refractivity contribution in [3.05, 3.63) is 42.9 Å². The summed E-state index contributed by atoms with van der Waals surface area (Å²) >= 11 is 0. The van der Waals surface area contributed by atoms with E-state index in [1.807, 2.05) is 19.9 Å². The molecule has 8 heteroatoms. The maximum absolute atomic E-state index is 12.3. The summed E-state index contributed by atoms with van der Waals surface area (Å²) < 4.78 is 32.8. The Morgan fingerprint density at radius 3 is 2.50 bits per heavy atom. The van der Waals surface area contributed by atoms with Crippen molar-refractivity contribution in [1.82, 2.24) is 9.97 Å². The average molecular weight is 348 g/mol. The maximum atomic E-state index is 12.3. The molecule has 2 aromatic rings. The first-order chi connectivity index (χ1) is 11.4. The molecule has 0 radical (unpaired) electrons. The SMILES string of the molecule is C[C@H]1CN(c2ccc(NS(=O)(=O)c3cccnc3)cn2)C[C@H](C)O1. The molecule has 3 rings (SSSR count). The van der Waals surface area contributed by atoms with Gasteiger partial charge in [0.1, 0.15) is 10.7 Å².